The van der Waals surface area contributed by atoms with Gasteiger partial charge in [-0.25, -0.2) is 0 Å². The second-order valence-electron chi connectivity index (χ2n) is 4.76. The standard InChI is InChI=1S/C13H18ClN/c1-10(2)8-15-7-6-12-11(9-15)4-3-5-13(12)14/h3-5,10H,6-9H2,1-2H3. The maximum atomic E-state index is 6.18. The third-order valence-electron chi connectivity index (χ3n) is 2.91. The zero-order valence-electron chi connectivity index (χ0n) is 9.46. The molecule has 1 aliphatic heterocycles. The first kappa shape index (κ1) is 11.0. The van der Waals surface area contributed by atoms with Crippen LogP contribution < -0.4 is 0 Å². The van der Waals surface area contributed by atoms with E-state index < -0.39 is 0 Å². The summed E-state index contributed by atoms with van der Waals surface area (Å²) in [6, 6.07) is 6.26. The van der Waals surface area contributed by atoms with Crippen LogP contribution >= 0.6 is 11.6 Å². The molecule has 0 atom stereocenters. The van der Waals surface area contributed by atoms with E-state index in [1.165, 1.54) is 17.7 Å². The van der Waals surface area contributed by atoms with Gasteiger partial charge in [0.05, 0.1) is 0 Å². The van der Waals surface area contributed by atoms with Gasteiger partial charge < -0.3 is 0 Å². The highest BCUT2D eigenvalue weighted by atomic mass is 35.5. The Hall–Kier alpha value is -0.530. The second-order valence-corrected chi connectivity index (χ2v) is 5.16. The van der Waals surface area contributed by atoms with Gasteiger partial charge in [0.1, 0.15) is 0 Å². The highest BCUT2D eigenvalue weighted by Crippen LogP contribution is 2.26. The van der Waals surface area contributed by atoms with Crippen LogP contribution in [0.2, 0.25) is 5.02 Å². The van der Waals surface area contributed by atoms with Crippen LogP contribution in [0.1, 0.15) is 25.0 Å². The third-order valence-corrected chi connectivity index (χ3v) is 3.27. The molecule has 1 aromatic rings. The molecule has 0 N–H and O–H groups in total. The van der Waals surface area contributed by atoms with Crippen molar-refractivity contribution in [3.8, 4) is 0 Å². The van der Waals surface area contributed by atoms with Gasteiger partial charge in [-0.3, -0.25) is 4.90 Å². The molecule has 1 aromatic carbocycles. The average Bonchev–Trinajstić information content (AvgIpc) is 2.17. The van der Waals surface area contributed by atoms with Crippen LogP contribution in [-0.2, 0) is 13.0 Å². The molecule has 1 aliphatic rings. The molecule has 1 heterocycles. The average molecular weight is 224 g/mol. The molecule has 0 amide bonds. The molecule has 0 unspecified atom stereocenters. The van der Waals surface area contributed by atoms with Crippen LogP contribution in [-0.4, -0.2) is 18.0 Å². The Balaban J connectivity index is 2.13. The molecule has 0 radical (unpaired) electrons. The number of benzene rings is 1. The molecule has 0 aliphatic carbocycles. The van der Waals surface area contributed by atoms with E-state index in [4.69, 9.17) is 11.6 Å². The first-order valence-electron chi connectivity index (χ1n) is 5.65. The summed E-state index contributed by atoms with van der Waals surface area (Å²) in [6.07, 6.45) is 1.10. The lowest BCUT2D eigenvalue weighted by atomic mass is 9.99. The lowest BCUT2D eigenvalue weighted by Gasteiger charge is -2.30. The van der Waals surface area contributed by atoms with Gasteiger partial charge in [-0.1, -0.05) is 37.6 Å². The zero-order valence-corrected chi connectivity index (χ0v) is 10.2. The predicted molar refractivity (Wildman–Crippen MR) is 65.3 cm³/mol. The number of nitrogens with zero attached hydrogens (tertiary/aromatic N) is 1. The van der Waals surface area contributed by atoms with Crippen molar-refractivity contribution in [3.05, 3.63) is 34.3 Å². The SMILES string of the molecule is CC(C)CN1CCc2c(Cl)cccc2C1. The van der Waals surface area contributed by atoms with Crippen molar-refractivity contribution in [1.82, 2.24) is 4.90 Å². The molecule has 0 saturated heterocycles. The lowest BCUT2D eigenvalue weighted by molar-refractivity contribution is 0.226. The van der Waals surface area contributed by atoms with E-state index in [1.54, 1.807) is 0 Å². The minimum absolute atomic E-state index is 0.741. The van der Waals surface area contributed by atoms with E-state index in [2.05, 4.69) is 30.9 Å². The fraction of sp³-hybridized carbons (Fsp3) is 0.538. The Labute approximate surface area is 97.0 Å². The number of hydrogen-bond acceptors (Lipinski definition) is 1. The predicted octanol–water partition coefficient (Wildman–Crippen LogP) is 3.35. The van der Waals surface area contributed by atoms with E-state index in [-0.39, 0.29) is 0 Å². The molecular weight excluding hydrogens is 206 g/mol. The summed E-state index contributed by atoms with van der Waals surface area (Å²) < 4.78 is 0. The van der Waals surface area contributed by atoms with Gasteiger partial charge in [0.2, 0.25) is 0 Å². The van der Waals surface area contributed by atoms with Gasteiger partial charge in [0, 0.05) is 24.7 Å². The van der Waals surface area contributed by atoms with Crippen LogP contribution in [0.4, 0.5) is 0 Å². The molecule has 1 nitrogen and oxygen atoms in total. The summed E-state index contributed by atoms with van der Waals surface area (Å²) in [4.78, 5) is 2.52. The Morgan fingerprint density at radius 1 is 1.40 bits per heavy atom. The number of hydrogen-bond donors (Lipinski definition) is 0. The summed E-state index contributed by atoms with van der Waals surface area (Å²) in [7, 11) is 0. The number of fused-ring (bicyclic) bond motifs is 1. The van der Waals surface area contributed by atoms with Crippen LogP contribution in [0.3, 0.4) is 0 Å². The molecule has 0 aromatic heterocycles. The Morgan fingerprint density at radius 2 is 2.20 bits per heavy atom. The molecule has 2 rings (SSSR count). The largest absolute Gasteiger partial charge is 0.298 e. The Kier molecular flexibility index (Phi) is 3.32. The van der Waals surface area contributed by atoms with Gasteiger partial charge in [-0.05, 0) is 29.5 Å². The van der Waals surface area contributed by atoms with Crippen molar-refractivity contribution >= 4 is 11.6 Å². The van der Waals surface area contributed by atoms with Crippen molar-refractivity contribution in [1.29, 1.82) is 0 Å². The van der Waals surface area contributed by atoms with E-state index in [0.717, 1.165) is 30.5 Å². The molecule has 0 saturated carbocycles. The van der Waals surface area contributed by atoms with Crippen LogP contribution in [0.15, 0.2) is 18.2 Å². The van der Waals surface area contributed by atoms with Crippen LogP contribution in [0.25, 0.3) is 0 Å². The lowest BCUT2D eigenvalue weighted by Crippen LogP contribution is -2.33. The maximum Gasteiger partial charge on any atom is 0.0441 e. The number of halogens is 1. The maximum absolute atomic E-state index is 6.18. The van der Waals surface area contributed by atoms with Gasteiger partial charge in [-0.15, -0.1) is 0 Å². The fourth-order valence-electron chi connectivity index (χ4n) is 2.29. The zero-order chi connectivity index (χ0) is 10.8. The Bertz CT molecular complexity index is 346. The van der Waals surface area contributed by atoms with Gasteiger partial charge in [-0.2, -0.15) is 0 Å². The monoisotopic (exact) mass is 223 g/mol. The third kappa shape index (κ3) is 2.53. The summed E-state index contributed by atoms with van der Waals surface area (Å²) in [5.74, 6) is 0.741. The summed E-state index contributed by atoms with van der Waals surface area (Å²) in [6.45, 7) is 7.94. The number of rotatable bonds is 2. The quantitative estimate of drug-likeness (QED) is 0.743. The molecule has 2 heteroatoms. The van der Waals surface area contributed by atoms with Crippen LogP contribution in [0, 0.1) is 5.92 Å². The first-order valence-corrected chi connectivity index (χ1v) is 6.03. The van der Waals surface area contributed by atoms with Crippen molar-refractivity contribution in [2.24, 2.45) is 5.92 Å². The van der Waals surface area contributed by atoms with E-state index >= 15 is 0 Å². The molecule has 0 spiro atoms. The van der Waals surface area contributed by atoms with Gasteiger partial charge in [0.25, 0.3) is 0 Å². The van der Waals surface area contributed by atoms with E-state index in [1.807, 2.05) is 6.07 Å². The highest BCUT2D eigenvalue weighted by Gasteiger charge is 2.18. The molecular formula is C13H18ClN. The summed E-state index contributed by atoms with van der Waals surface area (Å²) >= 11 is 6.18. The molecule has 0 fully saturated rings. The minimum Gasteiger partial charge on any atom is -0.298 e. The fourth-order valence-corrected chi connectivity index (χ4v) is 2.58. The van der Waals surface area contributed by atoms with Crippen molar-refractivity contribution in [3.63, 3.8) is 0 Å². The van der Waals surface area contributed by atoms with Crippen molar-refractivity contribution in [2.45, 2.75) is 26.8 Å². The normalized spacial score (nSPS) is 16.8. The smallest absolute Gasteiger partial charge is 0.0441 e. The second kappa shape index (κ2) is 4.54. The Morgan fingerprint density at radius 3 is 2.93 bits per heavy atom. The van der Waals surface area contributed by atoms with E-state index in [0.29, 0.717) is 0 Å². The molecule has 82 valence electrons. The minimum atomic E-state index is 0.741. The molecule has 0 bridgehead atoms. The molecule has 15 heavy (non-hydrogen) atoms. The summed E-state index contributed by atoms with van der Waals surface area (Å²) in [5, 5.41) is 0.941. The van der Waals surface area contributed by atoms with Crippen molar-refractivity contribution in [2.75, 3.05) is 13.1 Å². The van der Waals surface area contributed by atoms with Gasteiger partial charge >= 0.3 is 0 Å². The first-order chi connectivity index (χ1) is 7.16. The van der Waals surface area contributed by atoms with Crippen LogP contribution in [0.5, 0.6) is 0 Å². The van der Waals surface area contributed by atoms with E-state index in [9.17, 15) is 0 Å². The van der Waals surface area contributed by atoms with Gasteiger partial charge in [0.15, 0.2) is 0 Å². The topological polar surface area (TPSA) is 3.24 Å². The van der Waals surface area contributed by atoms with Crippen molar-refractivity contribution < 1.29 is 0 Å². The highest BCUT2D eigenvalue weighted by molar-refractivity contribution is 6.31. The summed E-state index contributed by atoms with van der Waals surface area (Å²) in [5.41, 5.74) is 2.77.